The predicted molar refractivity (Wildman–Crippen MR) is 80.1 cm³/mol. The summed E-state index contributed by atoms with van der Waals surface area (Å²) in [5, 5.41) is 2.84. The van der Waals surface area contributed by atoms with Crippen molar-refractivity contribution in [2.24, 2.45) is 0 Å². The number of fused-ring (bicyclic) bond motifs is 1. The molecule has 0 saturated carbocycles. The number of carbonyl (C=O) groups is 2. The first-order valence-electron chi connectivity index (χ1n) is 6.73. The summed E-state index contributed by atoms with van der Waals surface area (Å²) < 4.78 is 0. The minimum atomic E-state index is -0.460. The van der Waals surface area contributed by atoms with Gasteiger partial charge in [0.1, 0.15) is 0 Å². The summed E-state index contributed by atoms with van der Waals surface area (Å²) in [4.78, 5) is 30.1. The van der Waals surface area contributed by atoms with Crippen molar-refractivity contribution in [3.05, 3.63) is 54.4 Å². The number of anilines is 2. The molecule has 2 amide bonds. The maximum atomic E-state index is 12.5. The van der Waals surface area contributed by atoms with Crippen LogP contribution >= 0.6 is 0 Å². The molecule has 1 aromatic heterocycles. The Labute approximate surface area is 122 Å². The van der Waals surface area contributed by atoms with E-state index >= 15 is 0 Å². The molecule has 2 aromatic rings. The van der Waals surface area contributed by atoms with Crippen LogP contribution in [0.4, 0.5) is 11.4 Å². The summed E-state index contributed by atoms with van der Waals surface area (Å²) in [7, 11) is 1.73. The fraction of sp³-hybridized carbons (Fsp3) is 0.188. The summed E-state index contributed by atoms with van der Waals surface area (Å²) in [6.45, 7) is 0. The van der Waals surface area contributed by atoms with E-state index in [9.17, 15) is 9.59 Å². The van der Waals surface area contributed by atoms with Gasteiger partial charge in [0.15, 0.2) is 0 Å². The molecular weight excluding hydrogens is 266 g/mol. The highest BCUT2D eigenvalue weighted by molar-refractivity contribution is 6.05. The molecule has 0 unspecified atom stereocenters. The van der Waals surface area contributed by atoms with Gasteiger partial charge in [-0.05, 0) is 23.8 Å². The van der Waals surface area contributed by atoms with Crippen molar-refractivity contribution in [2.75, 3.05) is 17.3 Å². The van der Waals surface area contributed by atoms with Crippen LogP contribution in [0.1, 0.15) is 17.9 Å². The number of hydrogen-bond donors (Lipinski definition) is 1. The number of rotatable bonds is 2. The van der Waals surface area contributed by atoms with E-state index < -0.39 is 5.92 Å². The van der Waals surface area contributed by atoms with Gasteiger partial charge in [-0.2, -0.15) is 0 Å². The van der Waals surface area contributed by atoms with Crippen LogP contribution in [0, 0.1) is 0 Å². The second-order valence-electron chi connectivity index (χ2n) is 4.99. The third-order valence-electron chi connectivity index (χ3n) is 3.69. The fourth-order valence-electron chi connectivity index (χ4n) is 2.54. The van der Waals surface area contributed by atoms with Crippen LogP contribution in [0.5, 0.6) is 0 Å². The number of benzene rings is 1. The molecule has 0 radical (unpaired) electrons. The molecule has 0 spiro atoms. The third-order valence-corrected chi connectivity index (χ3v) is 3.69. The summed E-state index contributed by atoms with van der Waals surface area (Å²) in [6, 6.07) is 11.0. The second kappa shape index (κ2) is 5.36. The molecule has 1 aliphatic rings. The first-order valence-corrected chi connectivity index (χ1v) is 6.73. The van der Waals surface area contributed by atoms with Gasteiger partial charge in [-0.3, -0.25) is 14.6 Å². The number of nitrogens with one attached hydrogen (secondary N) is 1. The van der Waals surface area contributed by atoms with E-state index in [1.165, 1.54) is 0 Å². The largest absolute Gasteiger partial charge is 0.325 e. The Balaban J connectivity index is 1.90. The van der Waals surface area contributed by atoms with Crippen LogP contribution in [0.3, 0.4) is 0 Å². The molecule has 5 nitrogen and oxygen atoms in total. The van der Waals surface area contributed by atoms with E-state index in [0.717, 1.165) is 11.3 Å². The maximum absolute atomic E-state index is 12.5. The van der Waals surface area contributed by atoms with Crippen LogP contribution in [0.25, 0.3) is 0 Å². The van der Waals surface area contributed by atoms with Gasteiger partial charge in [0, 0.05) is 37.2 Å². The topological polar surface area (TPSA) is 62.3 Å². The molecule has 1 aromatic carbocycles. The molecule has 3 rings (SSSR count). The third kappa shape index (κ3) is 2.50. The molecule has 21 heavy (non-hydrogen) atoms. The monoisotopic (exact) mass is 281 g/mol. The van der Waals surface area contributed by atoms with Gasteiger partial charge in [-0.15, -0.1) is 0 Å². The molecule has 1 atom stereocenters. The zero-order valence-corrected chi connectivity index (χ0v) is 11.6. The van der Waals surface area contributed by atoms with Crippen LogP contribution in [-0.4, -0.2) is 23.8 Å². The minimum Gasteiger partial charge on any atom is -0.325 e. The zero-order chi connectivity index (χ0) is 14.8. The maximum Gasteiger partial charge on any atom is 0.232 e. The Kier molecular flexibility index (Phi) is 3.39. The van der Waals surface area contributed by atoms with E-state index in [2.05, 4.69) is 10.3 Å². The second-order valence-corrected chi connectivity index (χ2v) is 4.99. The molecule has 0 bridgehead atoms. The molecule has 5 heteroatoms. The van der Waals surface area contributed by atoms with Gasteiger partial charge >= 0.3 is 0 Å². The zero-order valence-electron chi connectivity index (χ0n) is 11.6. The van der Waals surface area contributed by atoms with Gasteiger partial charge in [-0.25, -0.2) is 0 Å². The van der Waals surface area contributed by atoms with Crippen molar-refractivity contribution in [1.82, 2.24) is 4.98 Å². The number of nitrogens with zero attached hydrogens (tertiary/aromatic N) is 2. The van der Waals surface area contributed by atoms with Gasteiger partial charge in [-0.1, -0.05) is 18.2 Å². The van der Waals surface area contributed by atoms with Gasteiger partial charge in [0.25, 0.3) is 0 Å². The minimum absolute atomic E-state index is 0.0522. The standard InChI is InChI=1S/C16H15N3O2/c1-19-14-5-3-2-4-12(14)13(10-15(19)20)16(21)18-11-6-8-17-9-7-11/h2-9,13H,10H2,1H3,(H,17,18,21)/t13-/m1/s1. The Morgan fingerprint density at radius 3 is 2.71 bits per heavy atom. The number of amides is 2. The quantitative estimate of drug-likeness (QED) is 0.917. The van der Waals surface area contributed by atoms with E-state index in [1.807, 2.05) is 24.3 Å². The average molecular weight is 281 g/mol. The lowest BCUT2D eigenvalue weighted by molar-refractivity contribution is -0.124. The number of pyridine rings is 1. The summed E-state index contributed by atoms with van der Waals surface area (Å²) in [5.74, 6) is -0.684. The van der Waals surface area contributed by atoms with Crippen molar-refractivity contribution in [3.8, 4) is 0 Å². The van der Waals surface area contributed by atoms with E-state index in [0.29, 0.717) is 5.69 Å². The molecular formula is C16H15N3O2. The number of carbonyl (C=O) groups excluding carboxylic acids is 2. The molecule has 0 fully saturated rings. The van der Waals surface area contributed by atoms with Crippen LogP contribution < -0.4 is 10.2 Å². The van der Waals surface area contributed by atoms with Crippen molar-refractivity contribution in [2.45, 2.75) is 12.3 Å². The highest BCUT2D eigenvalue weighted by atomic mass is 16.2. The van der Waals surface area contributed by atoms with Crippen molar-refractivity contribution >= 4 is 23.2 Å². The molecule has 0 saturated heterocycles. The van der Waals surface area contributed by atoms with E-state index in [1.54, 1.807) is 36.5 Å². The Morgan fingerprint density at radius 1 is 1.24 bits per heavy atom. The van der Waals surface area contributed by atoms with Gasteiger partial charge < -0.3 is 10.2 Å². The Bertz CT molecular complexity index is 685. The number of aromatic nitrogens is 1. The summed E-state index contributed by atoms with van der Waals surface area (Å²) in [6.07, 6.45) is 3.41. The number of hydrogen-bond acceptors (Lipinski definition) is 3. The number of para-hydroxylation sites is 1. The van der Waals surface area contributed by atoms with Gasteiger partial charge in [0.05, 0.1) is 5.92 Å². The Hall–Kier alpha value is -2.69. The molecule has 1 aliphatic heterocycles. The normalized spacial score (nSPS) is 17.3. The van der Waals surface area contributed by atoms with E-state index in [4.69, 9.17) is 0 Å². The average Bonchev–Trinajstić information content (AvgIpc) is 2.52. The van der Waals surface area contributed by atoms with Crippen molar-refractivity contribution in [1.29, 1.82) is 0 Å². The van der Waals surface area contributed by atoms with Gasteiger partial charge in [0.2, 0.25) is 11.8 Å². The lowest BCUT2D eigenvalue weighted by Gasteiger charge is -2.30. The molecule has 2 heterocycles. The van der Waals surface area contributed by atoms with Crippen molar-refractivity contribution < 1.29 is 9.59 Å². The highest BCUT2D eigenvalue weighted by Gasteiger charge is 2.33. The first kappa shape index (κ1) is 13.3. The van der Waals surface area contributed by atoms with Crippen LogP contribution in [-0.2, 0) is 9.59 Å². The van der Waals surface area contributed by atoms with Crippen molar-refractivity contribution in [3.63, 3.8) is 0 Å². The van der Waals surface area contributed by atoms with E-state index in [-0.39, 0.29) is 18.2 Å². The smallest absolute Gasteiger partial charge is 0.232 e. The Morgan fingerprint density at radius 2 is 1.95 bits per heavy atom. The first-order chi connectivity index (χ1) is 10.2. The lowest BCUT2D eigenvalue weighted by atomic mass is 9.89. The van der Waals surface area contributed by atoms with Crippen LogP contribution in [0.15, 0.2) is 48.8 Å². The molecule has 106 valence electrons. The predicted octanol–water partition coefficient (Wildman–Crippen LogP) is 2.17. The SMILES string of the molecule is CN1C(=O)C[C@@H](C(=O)Nc2ccncc2)c2ccccc21. The molecule has 0 aliphatic carbocycles. The highest BCUT2D eigenvalue weighted by Crippen LogP contribution is 2.35. The molecule has 1 N–H and O–H groups in total. The lowest BCUT2D eigenvalue weighted by Crippen LogP contribution is -2.37. The van der Waals surface area contributed by atoms with Crippen LogP contribution in [0.2, 0.25) is 0 Å². The summed E-state index contributed by atoms with van der Waals surface area (Å²) >= 11 is 0. The fourth-order valence-corrected chi connectivity index (χ4v) is 2.54. The summed E-state index contributed by atoms with van der Waals surface area (Å²) in [5.41, 5.74) is 2.36.